The zero-order chi connectivity index (χ0) is 13.6. The summed E-state index contributed by atoms with van der Waals surface area (Å²) in [4.78, 5) is 30.7. The van der Waals surface area contributed by atoms with Gasteiger partial charge in [0.15, 0.2) is 0 Å². The van der Waals surface area contributed by atoms with Gasteiger partial charge in [0.05, 0.1) is 6.54 Å². The second-order valence-corrected chi connectivity index (χ2v) is 6.73. The fraction of sp³-hybridized carbons (Fsp3) is 0.615. The topological polar surface area (TPSA) is 62.3 Å². The maximum atomic E-state index is 12.5. The van der Waals surface area contributed by atoms with E-state index >= 15 is 0 Å². The summed E-state index contributed by atoms with van der Waals surface area (Å²) in [7, 11) is 0. The Balaban J connectivity index is 1.89. The van der Waals surface area contributed by atoms with Gasteiger partial charge in [-0.3, -0.25) is 9.59 Å². The van der Waals surface area contributed by atoms with Crippen LogP contribution >= 0.6 is 11.3 Å². The van der Waals surface area contributed by atoms with E-state index in [0.717, 1.165) is 17.8 Å². The third kappa shape index (κ3) is 2.25. The van der Waals surface area contributed by atoms with Crippen LogP contribution in [0.1, 0.15) is 31.7 Å². The smallest absolute Gasteiger partial charge is 0.248 e. The number of hydrogen-bond donors (Lipinski definition) is 1. The van der Waals surface area contributed by atoms with Crippen molar-refractivity contribution in [2.45, 2.75) is 44.8 Å². The minimum atomic E-state index is -0.820. The van der Waals surface area contributed by atoms with E-state index in [1.54, 1.807) is 24.9 Å². The Labute approximate surface area is 116 Å². The summed E-state index contributed by atoms with van der Waals surface area (Å²) in [5, 5.41) is 5.61. The van der Waals surface area contributed by atoms with Gasteiger partial charge in [0.1, 0.15) is 16.6 Å². The lowest BCUT2D eigenvalue weighted by Gasteiger charge is -2.42. The van der Waals surface area contributed by atoms with Gasteiger partial charge < -0.3 is 10.2 Å². The first-order valence-corrected chi connectivity index (χ1v) is 7.38. The lowest BCUT2D eigenvalue weighted by molar-refractivity contribution is -0.155. The molecule has 1 aliphatic carbocycles. The highest BCUT2D eigenvalue weighted by Crippen LogP contribution is 2.38. The minimum Gasteiger partial charge on any atom is -0.340 e. The van der Waals surface area contributed by atoms with E-state index in [-0.39, 0.29) is 17.9 Å². The predicted molar refractivity (Wildman–Crippen MR) is 71.4 cm³/mol. The Morgan fingerprint density at radius 3 is 2.79 bits per heavy atom. The lowest BCUT2D eigenvalue weighted by Crippen LogP contribution is -2.68. The average Bonchev–Trinajstić information content (AvgIpc) is 3.02. The Kier molecular flexibility index (Phi) is 2.85. The molecule has 1 aromatic rings. The van der Waals surface area contributed by atoms with Crippen molar-refractivity contribution in [3.63, 3.8) is 0 Å². The van der Waals surface area contributed by atoms with Crippen LogP contribution in [0.15, 0.2) is 11.6 Å². The monoisotopic (exact) mass is 279 g/mol. The first-order valence-electron chi connectivity index (χ1n) is 6.50. The molecule has 1 aromatic heterocycles. The SMILES string of the molecule is CC1(C)NC(=O)C(C2CC2)N(Cc2nccs2)C1=O. The number of aromatic nitrogens is 1. The Bertz CT molecular complexity index is 508. The molecule has 1 aliphatic heterocycles. The van der Waals surface area contributed by atoms with Crippen molar-refractivity contribution < 1.29 is 9.59 Å². The van der Waals surface area contributed by atoms with Crippen LogP contribution in [0.3, 0.4) is 0 Å². The molecule has 0 bridgehead atoms. The summed E-state index contributed by atoms with van der Waals surface area (Å²) in [6.07, 6.45) is 3.78. The number of carbonyl (C=O) groups is 2. The van der Waals surface area contributed by atoms with E-state index in [1.807, 2.05) is 5.38 Å². The zero-order valence-electron chi connectivity index (χ0n) is 11.0. The number of piperazine rings is 1. The Morgan fingerprint density at radius 2 is 2.21 bits per heavy atom. The van der Waals surface area contributed by atoms with E-state index < -0.39 is 5.54 Å². The molecule has 1 atom stereocenters. The first kappa shape index (κ1) is 12.6. The molecule has 1 saturated carbocycles. The third-order valence-electron chi connectivity index (χ3n) is 3.69. The van der Waals surface area contributed by atoms with Crippen LogP contribution in [0.4, 0.5) is 0 Å². The average molecular weight is 279 g/mol. The van der Waals surface area contributed by atoms with Gasteiger partial charge in [-0.15, -0.1) is 11.3 Å². The molecule has 1 saturated heterocycles. The van der Waals surface area contributed by atoms with Crippen LogP contribution in [-0.2, 0) is 16.1 Å². The molecule has 2 amide bonds. The highest BCUT2D eigenvalue weighted by atomic mass is 32.1. The van der Waals surface area contributed by atoms with Crippen LogP contribution < -0.4 is 5.32 Å². The molecule has 1 N–H and O–H groups in total. The molecule has 0 spiro atoms. The van der Waals surface area contributed by atoms with Crippen molar-refractivity contribution in [3.8, 4) is 0 Å². The molecule has 5 nitrogen and oxygen atoms in total. The van der Waals surface area contributed by atoms with Gasteiger partial charge in [0.25, 0.3) is 0 Å². The molecule has 3 rings (SSSR count). The van der Waals surface area contributed by atoms with Gasteiger partial charge in [0.2, 0.25) is 11.8 Å². The highest BCUT2D eigenvalue weighted by molar-refractivity contribution is 7.09. The van der Waals surface area contributed by atoms with Gasteiger partial charge in [0, 0.05) is 11.6 Å². The van der Waals surface area contributed by atoms with Crippen molar-refractivity contribution in [1.29, 1.82) is 0 Å². The lowest BCUT2D eigenvalue weighted by atomic mass is 9.95. The second kappa shape index (κ2) is 4.30. The van der Waals surface area contributed by atoms with Gasteiger partial charge >= 0.3 is 0 Å². The summed E-state index contributed by atoms with van der Waals surface area (Å²) < 4.78 is 0. The predicted octanol–water partition coefficient (Wildman–Crippen LogP) is 1.16. The molecule has 0 aromatic carbocycles. The minimum absolute atomic E-state index is 0.0146. The van der Waals surface area contributed by atoms with Crippen molar-refractivity contribution in [1.82, 2.24) is 15.2 Å². The number of nitrogens with zero attached hydrogens (tertiary/aromatic N) is 2. The molecule has 2 fully saturated rings. The van der Waals surface area contributed by atoms with Crippen LogP contribution in [-0.4, -0.2) is 33.3 Å². The molecule has 1 unspecified atom stereocenters. The van der Waals surface area contributed by atoms with Gasteiger partial charge in [-0.25, -0.2) is 4.98 Å². The van der Waals surface area contributed by atoms with E-state index in [9.17, 15) is 9.59 Å². The molecule has 2 heterocycles. The van der Waals surface area contributed by atoms with Gasteiger partial charge in [-0.2, -0.15) is 0 Å². The van der Waals surface area contributed by atoms with E-state index in [2.05, 4.69) is 10.3 Å². The van der Waals surface area contributed by atoms with Crippen molar-refractivity contribution in [3.05, 3.63) is 16.6 Å². The van der Waals surface area contributed by atoms with Crippen molar-refractivity contribution in [2.75, 3.05) is 0 Å². The third-order valence-corrected chi connectivity index (χ3v) is 4.46. The Hall–Kier alpha value is -1.43. The number of carbonyl (C=O) groups excluding carboxylic acids is 2. The van der Waals surface area contributed by atoms with Gasteiger partial charge in [-0.05, 0) is 32.6 Å². The first-order chi connectivity index (χ1) is 8.99. The van der Waals surface area contributed by atoms with Crippen molar-refractivity contribution >= 4 is 23.2 Å². The van der Waals surface area contributed by atoms with Crippen LogP contribution in [0.25, 0.3) is 0 Å². The molecule has 2 aliphatic rings. The molecular formula is C13H17N3O2S. The summed E-state index contributed by atoms with van der Waals surface area (Å²) in [6.45, 7) is 3.95. The second-order valence-electron chi connectivity index (χ2n) is 5.76. The summed E-state index contributed by atoms with van der Waals surface area (Å²) in [6, 6.07) is -0.315. The fourth-order valence-electron chi connectivity index (χ4n) is 2.59. The van der Waals surface area contributed by atoms with Crippen molar-refractivity contribution in [2.24, 2.45) is 5.92 Å². The van der Waals surface area contributed by atoms with E-state index in [0.29, 0.717) is 12.5 Å². The van der Waals surface area contributed by atoms with Gasteiger partial charge in [-0.1, -0.05) is 0 Å². The Morgan fingerprint density at radius 1 is 1.47 bits per heavy atom. The molecular weight excluding hydrogens is 262 g/mol. The maximum absolute atomic E-state index is 12.5. The summed E-state index contributed by atoms with van der Waals surface area (Å²) in [5.41, 5.74) is -0.820. The van der Waals surface area contributed by atoms with Crippen LogP contribution in [0.2, 0.25) is 0 Å². The fourth-order valence-corrected chi connectivity index (χ4v) is 3.20. The number of amides is 2. The normalized spacial score (nSPS) is 26.4. The molecule has 6 heteroatoms. The largest absolute Gasteiger partial charge is 0.340 e. The zero-order valence-corrected chi connectivity index (χ0v) is 11.9. The molecule has 0 radical (unpaired) electrons. The van der Waals surface area contributed by atoms with E-state index in [1.165, 1.54) is 11.3 Å². The standard InChI is InChI=1S/C13H17N3O2S/c1-13(2)12(18)16(7-9-14-5-6-19-9)10(8-3-4-8)11(17)15-13/h5-6,8,10H,3-4,7H2,1-2H3,(H,15,17). The molecule has 102 valence electrons. The summed E-state index contributed by atoms with van der Waals surface area (Å²) in [5.74, 6) is 0.280. The quantitative estimate of drug-likeness (QED) is 0.903. The highest BCUT2D eigenvalue weighted by Gasteiger charge is 2.50. The number of rotatable bonds is 3. The van der Waals surface area contributed by atoms with Crippen LogP contribution in [0.5, 0.6) is 0 Å². The number of thiazole rings is 1. The number of hydrogen-bond acceptors (Lipinski definition) is 4. The maximum Gasteiger partial charge on any atom is 0.248 e. The number of nitrogens with one attached hydrogen (secondary N) is 1. The summed E-state index contributed by atoms with van der Waals surface area (Å²) >= 11 is 1.52. The molecule has 19 heavy (non-hydrogen) atoms. The van der Waals surface area contributed by atoms with E-state index in [4.69, 9.17) is 0 Å². The van der Waals surface area contributed by atoms with Crippen LogP contribution in [0, 0.1) is 5.92 Å².